The van der Waals surface area contributed by atoms with Crippen LogP contribution in [0.4, 0.5) is 0 Å². The summed E-state index contributed by atoms with van der Waals surface area (Å²) < 4.78 is 96.9. The number of nitrogens with one attached hydrogen (secondary N) is 4. The van der Waals surface area contributed by atoms with Crippen molar-refractivity contribution in [2.75, 3.05) is 52.9 Å². The third-order valence-electron chi connectivity index (χ3n) is 28.3. The van der Waals surface area contributed by atoms with Crippen LogP contribution in [0.15, 0.2) is 12.2 Å². The van der Waals surface area contributed by atoms with Crippen molar-refractivity contribution in [3.8, 4) is 0 Å². The number of hydrogen-bond acceptors (Lipinski definition) is 42. The summed E-state index contributed by atoms with van der Waals surface area (Å²) in [5.74, 6) is -3.06. The Kier molecular flexibility index (Phi) is 57.6. The van der Waals surface area contributed by atoms with Gasteiger partial charge in [0, 0.05) is 27.2 Å². The molecule has 46 nitrogen and oxygen atoms in total. The summed E-state index contributed by atoms with van der Waals surface area (Å²) >= 11 is 0. The Bertz CT molecular complexity index is 3530. The van der Waals surface area contributed by atoms with Crippen LogP contribution < -0.4 is 21.3 Å². The number of allylic oxidation sites excluding steroid dienone is 1. The zero-order valence-electron chi connectivity index (χ0n) is 84.5. The van der Waals surface area contributed by atoms with E-state index in [9.17, 15) is 132 Å². The summed E-state index contributed by atoms with van der Waals surface area (Å²) in [5.41, 5.74) is 0. The summed E-state index contributed by atoms with van der Waals surface area (Å²) in [6.07, 6.45) is -30.6. The number of carbonyl (C=O) groups is 4. The zero-order valence-corrected chi connectivity index (χ0v) is 84.5. The monoisotopic (exact) mass is 2080 g/mol. The number of aliphatic hydroxyl groups is 22. The molecule has 8 heterocycles. The fourth-order valence-electron chi connectivity index (χ4n) is 19.8. The van der Waals surface area contributed by atoms with Crippen LogP contribution in [0.3, 0.4) is 0 Å². The van der Waals surface area contributed by atoms with Crippen molar-refractivity contribution in [1.29, 1.82) is 0 Å². The SMILES string of the molecule is CCCCCCCCCCCCC/C=C/[C@@H](O)[C@H](CO[C@@H]1OC(CO)[C@@H](O[C@@H]2OC(CO)[C@H](O)[C@H](O[C@@H]3OC(CO)[C@@H](O[C@@H]4OC(CO)[C@H](O)[C@H](O[C@@H]5OC(CO)[C@@H](O[C@@H]6OC(CO)[C@H](O)[C@H](O[C@@H]7OC(CO)[C@@H](O)[C@H](O)C7NC(C)=O)C6O)[C@H](O[C@H]6OC(C)[C@@H](O)C(O)[C@@H]6O)C5NC(C)=O)C4O)[C@H](O)C3NC(C)=O)C2O)[C@H](O)C1O)NC(=O)CCCCCCCCCCCCCCCCCCCCCCCCC. The molecule has 16 unspecified atom stereocenters. The highest BCUT2D eigenvalue weighted by Gasteiger charge is 2.61. The molecule has 144 heavy (non-hydrogen) atoms. The Morgan fingerprint density at radius 1 is 0.285 bits per heavy atom. The highest BCUT2D eigenvalue weighted by atomic mass is 16.8. The van der Waals surface area contributed by atoms with Gasteiger partial charge in [0.2, 0.25) is 23.6 Å². The first kappa shape index (κ1) is 125. The molecule has 0 radical (unpaired) electrons. The van der Waals surface area contributed by atoms with E-state index in [4.69, 9.17) is 75.8 Å². The second kappa shape index (κ2) is 66.3. The summed E-state index contributed by atoms with van der Waals surface area (Å²) in [5, 5.41) is 261. The van der Waals surface area contributed by atoms with E-state index in [1.807, 2.05) is 6.08 Å². The van der Waals surface area contributed by atoms with Gasteiger partial charge in [-0.05, 0) is 26.2 Å². The second-order valence-electron chi connectivity index (χ2n) is 39.8. The van der Waals surface area contributed by atoms with E-state index in [0.717, 1.165) is 72.1 Å². The average Bonchev–Trinajstić information content (AvgIpc) is 0.757. The number of rotatable bonds is 66. The maximum absolute atomic E-state index is 13.7. The molecule has 42 atom stereocenters. The van der Waals surface area contributed by atoms with Gasteiger partial charge in [-0.3, -0.25) is 19.2 Å². The molecule has 0 bridgehead atoms. The molecular weight excluding hydrogens is 1910 g/mol. The first-order valence-electron chi connectivity index (χ1n) is 52.8. The lowest BCUT2D eigenvalue weighted by Gasteiger charge is -2.52. The highest BCUT2D eigenvalue weighted by Crippen LogP contribution is 2.41. The minimum Gasteiger partial charge on any atom is -0.394 e. The van der Waals surface area contributed by atoms with Gasteiger partial charge in [-0.25, -0.2) is 0 Å². The van der Waals surface area contributed by atoms with Gasteiger partial charge >= 0.3 is 0 Å². The van der Waals surface area contributed by atoms with Gasteiger partial charge in [0.1, 0.15) is 189 Å². The maximum atomic E-state index is 13.7. The molecule has 0 spiro atoms. The lowest BCUT2D eigenvalue weighted by molar-refractivity contribution is -0.396. The quantitative estimate of drug-likeness (QED) is 0.0221. The van der Waals surface area contributed by atoms with Gasteiger partial charge in [0.05, 0.1) is 71.1 Å². The van der Waals surface area contributed by atoms with Crippen LogP contribution >= 0.6 is 0 Å². The Morgan fingerprint density at radius 3 is 0.965 bits per heavy atom. The van der Waals surface area contributed by atoms with E-state index in [-0.39, 0.29) is 12.3 Å². The minimum atomic E-state index is -2.41. The largest absolute Gasteiger partial charge is 0.394 e. The average molecular weight is 2080 g/mol. The van der Waals surface area contributed by atoms with E-state index in [1.54, 1.807) is 6.08 Å². The van der Waals surface area contributed by atoms with E-state index < -0.39 is 328 Å². The molecule has 8 saturated heterocycles. The predicted octanol–water partition coefficient (Wildman–Crippen LogP) is -2.48. The number of amides is 4. The minimum absolute atomic E-state index is 0.152. The summed E-state index contributed by atoms with van der Waals surface area (Å²) in [7, 11) is 0. The molecule has 8 aliphatic heterocycles. The first-order valence-corrected chi connectivity index (χ1v) is 52.8. The predicted molar refractivity (Wildman–Crippen MR) is 506 cm³/mol. The standard InChI is InChI=1S/C98H176N4O42/c1-7-9-11-13-15-17-19-21-22-23-24-25-26-27-28-29-30-32-34-36-38-40-42-44-66(114)102-57(58(113)43-41-39-37-35-33-31-20-18-16-14-12-10-8-2)52-129-94-80(125)78(123)85(64(50-108)137-94)139-97-81(126)88(72(117)60(46-104)133-97)143-92-68(100-55(5)111)76(121)84(63(49-107)135-92)138-96-82(127)90(74(119)61(47-105)132-96)144-93-69(101-56(6)112)87(141-95-79(124)77(122)70(115)53(3)130-95)86(65(51-109)136-93)140-98-83(128)89(73(118)62(48-106)134-98)142-91-67(99-54(4)110)75(120)71(116)59(45-103)131-91/h41,43,53,57-65,67-98,103-109,113,115-128H,7-40,42,44-52H2,1-6H3,(H,99,110)(H,100,111)(H,101,112)(H,102,114)/b43-41+/t53?,57-,58+,59?,60?,61?,62?,63?,64?,65?,67?,68?,69?,70+,71+,72-,73-,74-,75+,76+,77?,78+,79-,80?,81?,82?,83?,84+,85+,86+,87+,88-,89-,90-,91-,92-,93-,94+,95+,96-,97-,98-/m0/s1. The molecule has 26 N–H and O–H groups in total. The van der Waals surface area contributed by atoms with Crippen LogP contribution in [0.5, 0.6) is 0 Å². The van der Waals surface area contributed by atoms with E-state index >= 15 is 0 Å². The zero-order chi connectivity index (χ0) is 105. The fraction of sp³-hybridized carbons (Fsp3) is 0.939. The summed E-state index contributed by atoms with van der Waals surface area (Å²) in [6.45, 7) is 0.617. The Labute approximate surface area is 844 Å². The molecular formula is C98H176N4O42. The molecule has 0 aromatic rings. The van der Waals surface area contributed by atoms with Crippen molar-refractivity contribution in [1.82, 2.24) is 21.3 Å². The van der Waals surface area contributed by atoms with E-state index in [0.29, 0.717) is 12.8 Å². The second-order valence-corrected chi connectivity index (χ2v) is 39.8. The van der Waals surface area contributed by atoms with Crippen LogP contribution in [-0.2, 0) is 95.0 Å². The van der Waals surface area contributed by atoms with Gasteiger partial charge < -0.3 is 209 Å². The van der Waals surface area contributed by atoms with Crippen LogP contribution in [0.1, 0.15) is 273 Å². The van der Waals surface area contributed by atoms with Crippen molar-refractivity contribution in [3.05, 3.63) is 12.2 Å². The molecule has 840 valence electrons. The van der Waals surface area contributed by atoms with Crippen LogP contribution in [0.25, 0.3) is 0 Å². The third-order valence-corrected chi connectivity index (χ3v) is 28.3. The molecule has 8 aliphatic rings. The Morgan fingerprint density at radius 2 is 0.576 bits per heavy atom. The fourth-order valence-corrected chi connectivity index (χ4v) is 19.8. The van der Waals surface area contributed by atoms with Crippen molar-refractivity contribution >= 4 is 23.6 Å². The van der Waals surface area contributed by atoms with Crippen molar-refractivity contribution < 1.29 is 207 Å². The topological polar surface area (TPSA) is 709 Å². The number of aliphatic hydroxyl groups excluding tert-OH is 22. The van der Waals surface area contributed by atoms with Crippen LogP contribution in [0, 0.1) is 0 Å². The van der Waals surface area contributed by atoms with Gasteiger partial charge in [-0.1, -0.05) is 231 Å². The number of hydrogen-bond donors (Lipinski definition) is 26. The highest BCUT2D eigenvalue weighted by molar-refractivity contribution is 5.76. The van der Waals surface area contributed by atoms with Crippen molar-refractivity contribution in [2.24, 2.45) is 0 Å². The molecule has 8 fully saturated rings. The molecule has 46 heteroatoms. The van der Waals surface area contributed by atoms with Crippen LogP contribution in [0.2, 0.25) is 0 Å². The van der Waals surface area contributed by atoms with E-state index in [2.05, 4.69) is 35.1 Å². The summed E-state index contributed by atoms with van der Waals surface area (Å²) in [6, 6.07) is -6.71. The first-order chi connectivity index (χ1) is 69.1. The van der Waals surface area contributed by atoms with E-state index in [1.165, 1.54) is 167 Å². The lowest BCUT2D eigenvalue weighted by Crippen LogP contribution is -2.72. The molecule has 0 aliphatic carbocycles. The van der Waals surface area contributed by atoms with Gasteiger partial charge in [0.25, 0.3) is 0 Å². The number of ether oxygens (including phenoxy) is 16. The lowest BCUT2D eigenvalue weighted by atomic mass is 9.93. The van der Waals surface area contributed by atoms with Crippen molar-refractivity contribution in [2.45, 2.75) is 530 Å². The van der Waals surface area contributed by atoms with Gasteiger partial charge in [-0.2, -0.15) is 0 Å². The molecule has 4 amide bonds. The molecule has 0 aromatic carbocycles. The normalized spacial score (nSPS) is 38.0. The number of unbranched alkanes of at least 4 members (excludes halogenated alkanes) is 33. The van der Waals surface area contributed by atoms with Gasteiger partial charge in [-0.15, -0.1) is 0 Å². The Hall–Kier alpha value is -3.90. The maximum Gasteiger partial charge on any atom is 0.220 e. The van der Waals surface area contributed by atoms with Crippen molar-refractivity contribution in [3.63, 3.8) is 0 Å². The molecule has 0 aromatic heterocycles. The molecule has 8 rings (SSSR count). The molecule has 0 saturated carbocycles. The number of carbonyl (C=O) groups excluding carboxylic acids is 4. The van der Waals surface area contributed by atoms with Gasteiger partial charge in [0.15, 0.2) is 50.3 Å². The summed E-state index contributed by atoms with van der Waals surface area (Å²) in [4.78, 5) is 52.9. The Balaban J connectivity index is 0.917. The smallest absolute Gasteiger partial charge is 0.220 e. The third kappa shape index (κ3) is 37.5. The van der Waals surface area contributed by atoms with Crippen LogP contribution in [-0.4, -0.2) is 446 Å².